The third-order valence-corrected chi connectivity index (χ3v) is 6.76. The number of hydrogen-bond acceptors (Lipinski definition) is 5. The van der Waals surface area contributed by atoms with Crippen molar-refractivity contribution >= 4 is 32.1 Å². The number of nitrogens with zero attached hydrogens (tertiary/aromatic N) is 5. The van der Waals surface area contributed by atoms with Crippen LogP contribution in [0, 0.1) is 0 Å². The molecule has 0 saturated heterocycles. The summed E-state index contributed by atoms with van der Waals surface area (Å²) in [5.74, 6) is 0. The van der Waals surface area contributed by atoms with Gasteiger partial charge in [-0.3, -0.25) is 0 Å². The lowest BCUT2D eigenvalue weighted by Gasteiger charge is -2.10. The number of rotatable bonds is 3. The van der Waals surface area contributed by atoms with Gasteiger partial charge in [0.05, 0.1) is 17.1 Å². The number of benzene rings is 1. The van der Waals surface area contributed by atoms with Crippen LogP contribution in [0.4, 0.5) is 0 Å². The molecule has 0 radical (unpaired) electrons. The van der Waals surface area contributed by atoms with Crippen LogP contribution in [0.5, 0.6) is 0 Å². The van der Waals surface area contributed by atoms with Crippen molar-refractivity contribution in [2.75, 3.05) is 0 Å². The first-order valence-electron chi connectivity index (χ1n) is 8.68. The molecule has 1 aliphatic carbocycles. The van der Waals surface area contributed by atoms with Crippen LogP contribution in [0.2, 0.25) is 0 Å². The van der Waals surface area contributed by atoms with E-state index in [1.807, 2.05) is 4.68 Å². The molecule has 4 aromatic rings. The zero-order chi connectivity index (χ0) is 17.7. The van der Waals surface area contributed by atoms with E-state index >= 15 is 0 Å². The molecule has 1 saturated carbocycles. The van der Waals surface area contributed by atoms with E-state index in [-0.39, 0.29) is 4.90 Å². The molecule has 5 rings (SSSR count). The fourth-order valence-corrected chi connectivity index (χ4v) is 5.12. The molecule has 3 aromatic heterocycles. The van der Waals surface area contributed by atoms with E-state index in [9.17, 15) is 8.42 Å². The van der Waals surface area contributed by atoms with Crippen molar-refractivity contribution in [1.29, 1.82) is 0 Å². The van der Waals surface area contributed by atoms with E-state index in [1.54, 1.807) is 48.8 Å². The lowest BCUT2D eigenvalue weighted by atomic mass is 10.2. The summed E-state index contributed by atoms with van der Waals surface area (Å²) in [4.78, 5) is 4.61. The molecular formula is C18H17N5O2S. The molecule has 0 aliphatic heterocycles. The van der Waals surface area contributed by atoms with Crippen LogP contribution in [0.15, 0.2) is 53.7 Å². The first-order chi connectivity index (χ1) is 12.7. The van der Waals surface area contributed by atoms with Crippen LogP contribution in [0.1, 0.15) is 31.7 Å². The van der Waals surface area contributed by atoms with Crippen molar-refractivity contribution in [3.63, 3.8) is 0 Å². The van der Waals surface area contributed by atoms with Crippen molar-refractivity contribution in [1.82, 2.24) is 24.0 Å². The van der Waals surface area contributed by atoms with E-state index in [2.05, 4.69) is 15.3 Å². The summed E-state index contributed by atoms with van der Waals surface area (Å²) in [6.45, 7) is 0. The largest absolute Gasteiger partial charge is 0.269 e. The minimum absolute atomic E-state index is 0.238. The summed E-state index contributed by atoms with van der Waals surface area (Å²) >= 11 is 0. The van der Waals surface area contributed by atoms with Crippen LogP contribution < -0.4 is 0 Å². The van der Waals surface area contributed by atoms with Crippen molar-refractivity contribution in [2.24, 2.45) is 0 Å². The zero-order valence-corrected chi connectivity index (χ0v) is 14.8. The third-order valence-electron chi connectivity index (χ3n) is 5.08. The predicted molar refractivity (Wildman–Crippen MR) is 97.3 cm³/mol. The summed E-state index contributed by atoms with van der Waals surface area (Å²) < 4.78 is 29.2. The van der Waals surface area contributed by atoms with Crippen LogP contribution >= 0.6 is 0 Å². The normalized spacial score (nSPS) is 16.0. The fraction of sp³-hybridized carbons (Fsp3) is 0.278. The van der Waals surface area contributed by atoms with Gasteiger partial charge in [0.1, 0.15) is 11.0 Å². The molecule has 1 fully saturated rings. The molecule has 3 heterocycles. The second kappa shape index (κ2) is 5.63. The Labute approximate surface area is 150 Å². The summed E-state index contributed by atoms with van der Waals surface area (Å²) in [7, 11) is -3.70. The molecular weight excluding hydrogens is 350 g/mol. The Morgan fingerprint density at radius 1 is 1.04 bits per heavy atom. The smallest absolute Gasteiger partial charge is 0.241 e. The third kappa shape index (κ3) is 2.18. The van der Waals surface area contributed by atoms with Crippen molar-refractivity contribution in [3.8, 4) is 0 Å². The SMILES string of the molecule is O=S(=O)(c1ccccc1)n1ccc2c1ncc1nnn(C3CCCC3)c12. The van der Waals surface area contributed by atoms with E-state index in [4.69, 9.17) is 0 Å². The minimum Gasteiger partial charge on any atom is -0.241 e. The van der Waals surface area contributed by atoms with Gasteiger partial charge < -0.3 is 0 Å². The van der Waals surface area contributed by atoms with Gasteiger partial charge in [-0.15, -0.1) is 5.10 Å². The average molecular weight is 367 g/mol. The molecule has 0 unspecified atom stereocenters. The Bertz CT molecular complexity index is 1200. The van der Waals surface area contributed by atoms with E-state index in [0.717, 1.165) is 23.7 Å². The van der Waals surface area contributed by atoms with Gasteiger partial charge >= 0.3 is 0 Å². The minimum atomic E-state index is -3.70. The molecule has 1 aromatic carbocycles. The first-order valence-corrected chi connectivity index (χ1v) is 10.1. The Balaban J connectivity index is 1.75. The van der Waals surface area contributed by atoms with Gasteiger partial charge in [-0.2, -0.15) is 0 Å². The van der Waals surface area contributed by atoms with Gasteiger partial charge in [0.25, 0.3) is 10.0 Å². The summed E-state index contributed by atoms with van der Waals surface area (Å²) in [5, 5.41) is 9.32. The molecule has 26 heavy (non-hydrogen) atoms. The quantitative estimate of drug-likeness (QED) is 0.555. The van der Waals surface area contributed by atoms with E-state index < -0.39 is 10.0 Å². The summed E-state index contributed by atoms with van der Waals surface area (Å²) in [6.07, 6.45) is 7.68. The summed E-state index contributed by atoms with van der Waals surface area (Å²) in [6, 6.07) is 10.5. The monoisotopic (exact) mass is 367 g/mol. The maximum absolute atomic E-state index is 13.0. The molecule has 7 nitrogen and oxygen atoms in total. The maximum atomic E-state index is 13.0. The topological polar surface area (TPSA) is 82.7 Å². The number of fused-ring (bicyclic) bond motifs is 3. The highest BCUT2D eigenvalue weighted by Gasteiger charge is 2.25. The lowest BCUT2D eigenvalue weighted by Crippen LogP contribution is -2.12. The number of pyridine rings is 1. The highest BCUT2D eigenvalue weighted by Crippen LogP contribution is 2.33. The van der Waals surface area contributed by atoms with Gasteiger partial charge in [0.15, 0.2) is 5.65 Å². The molecule has 0 atom stereocenters. The molecule has 132 valence electrons. The van der Waals surface area contributed by atoms with Gasteiger partial charge in [-0.05, 0) is 31.0 Å². The van der Waals surface area contributed by atoms with Gasteiger partial charge in [-0.25, -0.2) is 22.1 Å². The molecule has 0 N–H and O–H groups in total. The van der Waals surface area contributed by atoms with E-state index in [0.29, 0.717) is 17.2 Å². The predicted octanol–water partition coefficient (Wildman–Crippen LogP) is 3.13. The number of aromatic nitrogens is 5. The molecule has 1 aliphatic rings. The second-order valence-electron chi connectivity index (χ2n) is 6.63. The van der Waals surface area contributed by atoms with Gasteiger partial charge in [0, 0.05) is 11.6 Å². The highest BCUT2D eigenvalue weighted by molar-refractivity contribution is 7.90. The lowest BCUT2D eigenvalue weighted by molar-refractivity contribution is 0.468. The molecule has 0 amide bonds. The van der Waals surface area contributed by atoms with Gasteiger partial charge in [0.2, 0.25) is 0 Å². The molecule has 8 heteroatoms. The second-order valence-corrected chi connectivity index (χ2v) is 8.45. The number of hydrogen-bond donors (Lipinski definition) is 0. The standard InChI is InChI=1S/C18H17N5O2S/c24-26(25,14-8-2-1-3-9-14)22-11-10-15-17-16(12-19-18(15)22)20-21-23(17)13-6-4-5-7-13/h1-3,8-13H,4-7H2. The van der Waals surface area contributed by atoms with Gasteiger partial charge in [-0.1, -0.05) is 36.3 Å². The first kappa shape index (κ1) is 15.5. The summed E-state index contributed by atoms with van der Waals surface area (Å²) in [5.41, 5.74) is 1.96. The Kier molecular flexibility index (Phi) is 3.36. The Morgan fingerprint density at radius 3 is 2.58 bits per heavy atom. The maximum Gasteiger partial charge on any atom is 0.269 e. The van der Waals surface area contributed by atoms with Crippen molar-refractivity contribution in [2.45, 2.75) is 36.6 Å². The zero-order valence-electron chi connectivity index (χ0n) is 14.0. The Hall–Kier alpha value is -2.74. The van der Waals surface area contributed by atoms with Crippen LogP contribution in [0.25, 0.3) is 22.1 Å². The molecule has 0 bridgehead atoms. The van der Waals surface area contributed by atoms with Crippen molar-refractivity contribution < 1.29 is 8.42 Å². The fourth-order valence-electron chi connectivity index (χ4n) is 3.80. The van der Waals surface area contributed by atoms with E-state index in [1.165, 1.54) is 16.8 Å². The highest BCUT2D eigenvalue weighted by atomic mass is 32.2. The van der Waals surface area contributed by atoms with Crippen LogP contribution in [-0.4, -0.2) is 32.4 Å². The average Bonchev–Trinajstić information content (AvgIpc) is 3.39. The van der Waals surface area contributed by atoms with Crippen molar-refractivity contribution in [3.05, 3.63) is 48.8 Å². The van der Waals surface area contributed by atoms with Crippen LogP contribution in [0.3, 0.4) is 0 Å². The Morgan fingerprint density at radius 2 is 1.81 bits per heavy atom. The molecule has 0 spiro atoms. The van der Waals surface area contributed by atoms with Crippen LogP contribution in [-0.2, 0) is 10.0 Å².